The number of nitrogens with one attached hydrogen (secondary N) is 1. The smallest absolute Gasteiger partial charge is 0.286 e. The first-order chi connectivity index (χ1) is 2.77. The Balaban J connectivity index is 3.05. The van der Waals surface area contributed by atoms with Gasteiger partial charge in [-0.1, -0.05) is 0 Å². The Labute approximate surface area is 37.6 Å². The molecular formula is CH4N2O2S. The summed E-state index contributed by atoms with van der Waals surface area (Å²) >= 11 is -1.81. The van der Waals surface area contributed by atoms with Crippen molar-refractivity contribution in [3.63, 3.8) is 0 Å². The molecule has 1 unspecified atom stereocenters. The topological polar surface area (TPSA) is 76.2 Å². The molecule has 0 aromatic rings. The Morgan fingerprint density at radius 2 is 2.50 bits per heavy atom. The second kappa shape index (κ2) is 2.80. The van der Waals surface area contributed by atoms with E-state index in [2.05, 4.69) is 9.32 Å². The van der Waals surface area contributed by atoms with Crippen molar-refractivity contribution < 1.29 is 8.39 Å². The highest BCUT2D eigenvalue weighted by Gasteiger charge is 1.77. The van der Waals surface area contributed by atoms with Crippen molar-refractivity contribution in [1.29, 1.82) is 5.41 Å². The van der Waals surface area contributed by atoms with Crippen LogP contribution >= 0.6 is 0 Å². The molecule has 0 aliphatic carbocycles. The van der Waals surface area contributed by atoms with E-state index >= 15 is 0 Å². The van der Waals surface area contributed by atoms with Gasteiger partial charge in [0, 0.05) is 0 Å². The van der Waals surface area contributed by atoms with Crippen LogP contribution in [0.5, 0.6) is 0 Å². The largest absolute Gasteiger partial charge is 0.377 e. The van der Waals surface area contributed by atoms with Gasteiger partial charge in [0.05, 0.1) is 0 Å². The van der Waals surface area contributed by atoms with Crippen LogP contribution in [0.2, 0.25) is 0 Å². The third-order valence-corrected chi connectivity index (χ3v) is 0.429. The van der Waals surface area contributed by atoms with Crippen LogP contribution in [0.3, 0.4) is 0 Å². The van der Waals surface area contributed by atoms with Gasteiger partial charge < -0.3 is 4.18 Å². The molecule has 0 bridgehead atoms. The van der Waals surface area contributed by atoms with Gasteiger partial charge in [-0.25, -0.2) is 5.14 Å². The van der Waals surface area contributed by atoms with E-state index in [4.69, 9.17) is 5.41 Å². The maximum absolute atomic E-state index is 9.56. The highest BCUT2D eigenvalue weighted by molar-refractivity contribution is 7.78. The van der Waals surface area contributed by atoms with E-state index in [1.165, 1.54) is 0 Å². The molecule has 3 N–H and O–H groups in total. The zero-order valence-corrected chi connectivity index (χ0v) is 3.70. The number of nitrogens with two attached hydrogens (primary N) is 1. The lowest BCUT2D eigenvalue weighted by atomic mass is 11.6. The van der Waals surface area contributed by atoms with Crippen molar-refractivity contribution in [2.75, 3.05) is 0 Å². The van der Waals surface area contributed by atoms with Gasteiger partial charge in [-0.15, -0.1) is 0 Å². The van der Waals surface area contributed by atoms with Crippen LogP contribution < -0.4 is 5.14 Å². The summed E-state index contributed by atoms with van der Waals surface area (Å²) < 4.78 is 13.4. The number of hydrogen-bond acceptors (Lipinski definition) is 3. The van der Waals surface area contributed by atoms with Gasteiger partial charge in [0.2, 0.25) is 0 Å². The summed E-state index contributed by atoms with van der Waals surface area (Å²) in [6.07, 6.45) is 0.524. The Morgan fingerprint density at radius 3 is 2.50 bits per heavy atom. The van der Waals surface area contributed by atoms with Gasteiger partial charge in [0.25, 0.3) is 11.3 Å². The van der Waals surface area contributed by atoms with E-state index in [0.29, 0.717) is 6.40 Å². The van der Waals surface area contributed by atoms with E-state index in [0.717, 1.165) is 0 Å². The molecule has 5 heteroatoms. The van der Waals surface area contributed by atoms with Crippen molar-refractivity contribution in [3.05, 3.63) is 0 Å². The van der Waals surface area contributed by atoms with Crippen molar-refractivity contribution >= 4 is 17.7 Å². The third-order valence-electron chi connectivity index (χ3n) is 0.143. The van der Waals surface area contributed by atoms with Gasteiger partial charge in [0.1, 0.15) is 0 Å². The molecule has 0 rings (SSSR count). The van der Waals surface area contributed by atoms with E-state index in [1.54, 1.807) is 0 Å². The summed E-state index contributed by atoms with van der Waals surface area (Å²) in [5.74, 6) is 0. The minimum Gasteiger partial charge on any atom is -0.377 e. The minimum atomic E-state index is -1.81. The molecule has 4 nitrogen and oxygen atoms in total. The van der Waals surface area contributed by atoms with Crippen LogP contribution in [-0.4, -0.2) is 10.6 Å². The Bertz CT molecular complexity index is 71.9. The summed E-state index contributed by atoms with van der Waals surface area (Å²) in [4.78, 5) is 0. The molecule has 0 saturated carbocycles. The second-order valence-electron chi connectivity index (χ2n) is 0.475. The molecular weight excluding hydrogens is 104 g/mol. The molecule has 0 amide bonds. The zero-order valence-electron chi connectivity index (χ0n) is 2.88. The Kier molecular flexibility index (Phi) is 2.60. The lowest BCUT2D eigenvalue weighted by molar-refractivity contribution is 0.572. The summed E-state index contributed by atoms with van der Waals surface area (Å²) in [5, 5.41) is 10.6. The molecule has 0 fully saturated rings. The van der Waals surface area contributed by atoms with Gasteiger partial charge in [-0.05, 0) is 0 Å². The monoisotopic (exact) mass is 108 g/mol. The van der Waals surface area contributed by atoms with Crippen LogP contribution in [-0.2, 0) is 15.4 Å². The normalized spacial score (nSPS) is 12.8. The number of hydrogen-bond donors (Lipinski definition) is 2. The summed E-state index contributed by atoms with van der Waals surface area (Å²) in [6.45, 7) is 0. The quantitative estimate of drug-likeness (QED) is 0.357. The van der Waals surface area contributed by atoms with Crippen molar-refractivity contribution in [2.24, 2.45) is 5.14 Å². The van der Waals surface area contributed by atoms with Crippen LogP contribution in [0, 0.1) is 5.41 Å². The van der Waals surface area contributed by atoms with Crippen LogP contribution in [0.4, 0.5) is 0 Å². The molecule has 0 heterocycles. The standard InChI is InChI=1S/CH4N2O2S/c2-1-5-6(3)4/h1-2H,3H2. The van der Waals surface area contributed by atoms with E-state index < -0.39 is 11.3 Å². The molecule has 0 aromatic heterocycles. The zero-order chi connectivity index (χ0) is 4.99. The van der Waals surface area contributed by atoms with Gasteiger partial charge in [-0.2, -0.15) is 4.21 Å². The molecule has 0 aliphatic rings. The first-order valence-corrected chi connectivity index (χ1v) is 2.23. The summed E-state index contributed by atoms with van der Waals surface area (Å²) in [7, 11) is 0. The molecule has 0 saturated heterocycles. The van der Waals surface area contributed by atoms with E-state index in [1.807, 2.05) is 0 Å². The highest BCUT2D eigenvalue weighted by atomic mass is 32.2. The van der Waals surface area contributed by atoms with Crippen molar-refractivity contribution in [2.45, 2.75) is 0 Å². The van der Waals surface area contributed by atoms with Crippen LogP contribution in [0.15, 0.2) is 0 Å². The predicted molar refractivity (Wildman–Crippen MR) is 22.2 cm³/mol. The first-order valence-electron chi connectivity index (χ1n) is 1.09. The van der Waals surface area contributed by atoms with Crippen molar-refractivity contribution in [1.82, 2.24) is 0 Å². The highest BCUT2D eigenvalue weighted by Crippen LogP contribution is 1.61. The predicted octanol–water partition coefficient (Wildman–Crippen LogP) is -0.853. The van der Waals surface area contributed by atoms with Crippen LogP contribution in [0.25, 0.3) is 0 Å². The number of rotatable bonds is 2. The van der Waals surface area contributed by atoms with Gasteiger partial charge in [-0.3, -0.25) is 5.41 Å². The minimum absolute atomic E-state index is 0.524. The molecule has 0 spiro atoms. The molecule has 36 valence electrons. The molecule has 0 aliphatic heterocycles. The summed E-state index contributed by atoms with van der Waals surface area (Å²) in [5.41, 5.74) is 0. The average molecular weight is 108 g/mol. The van der Waals surface area contributed by atoms with Crippen molar-refractivity contribution in [3.8, 4) is 0 Å². The lowest BCUT2D eigenvalue weighted by Gasteiger charge is -1.82. The SMILES string of the molecule is N=COS(N)=O. The fourth-order valence-corrected chi connectivity index (χ4v) is 0.142. The Hall–Kier alpha value is -0.420. The molecule has 0 radical (unpaired) electrons. The fourth-order valence-electron chi connectivity index (χ4n) is 0.0474. The van der Waals surface area contributed by atoms with Crippen LogP contribution in [0.1, 0.15) is 0 Å². The Morgan fingerprint density at radius 1 is 2.00 bits per heavy atom. The first kappa shape index (κ1) is 5.58. The lowest BCUT2D eigenvalue weighted by Crippen LogP contribution is -2.04. The van der Waals surface area contributed by atoms with E-state index in [-0.39, 0.29) is 0 Å². The van der Waals surface area contributed by atoms with Gasteiger partial charge >= 0.3 is 0 Å². The molecule has 1 atom stereocenters. The maximum atomic E-state index is 9.56. The summed E-state index contributed by atoms with van der Waals surface area (Å²) in [6, 6.07) is 0. The maximum Gasteiger partial charge on any atom is 0.286 e. The van der Waals surface area contributed by atoms with E-state index in [9.17, 15) is 4.21 Å². The average Bonchev–Trinajstić information content (AvgIpc) is 1.35. The van der Waals surface area contributed by atoms with Gasteiger partial charge in [0.15, 0.2) is 6.40 Å². The third kappa shape index (κ3) is 3.58. The fraction of sp³-hybridized carbons (Fsp3) is 0. The molecule has 0 aromatic carbocycles. The second-order valence-corrected chi connectivity index (χ2v) is 1.19. The molecule has 6 heavy (non-hydrogen) atoms.